The maximum Gasteiger partial charge on any atom is 0.261 e. The van der Waals surface area contributed by atoms with Gasteiger partial charge in [0.25, 0.3) is 11.8 Å². The largest absolute Gasteiger partial charge is 0.349 e. The number of aromatic nitrogens is 4. The average molecular weight is 382 g/mol. The molecular weight excluding hydrogens is 360 g/mol. The van der Waals surface area contributed by atoms with Crippen molar-refractivity contribution in [3.05, 3.63) is 41.2 Å². The van der Waals surface area contributed by atoms with Crippen LogP contribution in [0.2, 0.25) is 0 Å². The van der Waals surface area contributed by atoms with Crippen LogP contribution in [0.3, 0.4) is 0 Å². The molecule has 146 valence electrons. The fraction of sp³-hybridized carbons (Fsp3) is 0.474. The van der Waals surface area contributed by atoms with Crippen LogP contribution in [-0.4, -0.2) is 49.4 Å². The number of nitrogens with zero attached hydrogens (tertiary/aromatic N) is 5. The van der Waals surface area contributed by atoms with Crippen LogP contribution < -0.4 is 5.32 Å². The molecule has 9 heteroatoms. The summed E-state index contributed by atoms with van der Waals surface area (Å²) in [4.78, 5) is 38.0. The van der Waals surface area contributed by atoms with Crippen molar-refractivity contribution in [2.75, 3.05) is 6.54 Å². The molecule has 3 amide bonds. The van der Waals surface area contributed by atoms with Crippen LogP contribution in [0.1, 0.15) is 71.1 Å². The molecule has 0 radical (unpaired) electrons. The van der Waals surface area contributed by atoms with Gasteiger partial charge in [0.15, 0.2) is 5.82 Å². The summed E-state index contributed by atoms with van der Waals surface area (Å²) < 4.78 is 1.81. The molecule has 1 saturated carbocycles. The summed E-state index contributed by atoms with van der Waals surface area (Å²) in [6.45, 7) is 0.274. The van der Waals surface area contributed by atoms with Gasteiger partial charge in [-0.3, -0.25) is 19.3 Å². The highest BCUT2D eigenvalue weighted by atomic mass is 16.2. The Morgan fingerprint density at radius 2 is 1.75 bits per heavy atom. The number of rotatable bonds is 6. The second kappa shape index (κ2) is 7.87. The first-order valence-corrected chi connectivity index (χ1v) is 9.64. The van der Waals surface area contributed by atoms with Gasteiger partial charge < -0.3 is 5.32 Å². The van der Waals surface area contributed by atoms with Crippen LogP contribution in [0.5, 0.6) is 0 Å². The maximum absolute atomic E-state index is 12.3. The number of nitrogens with one attached hydrogen (secondary N) is 1. The van der Waals surface area contributed by atoms with Crippen LogP contribution in [0.25, 0.3) is 0 Å². The third kappa shape index (κ3) is 3.51. The zero-order valence-corrected chi connectivity index (χ0v) is 15.5. The predicted molar refractivity (Wildman–Crippen MR) is 98.2 cm³/mol. The minimum absolute atomic E-state index is 0.0382. The summed E-state index contributed by atoms with van der Waals surface area (Å²) in [6, 6.07) is 6.98. The Balaban J connectivity index is 1.30. The number of benzene rings is 1. The first-order chi connectivity index (χ1) is 13.6. The molecule has 2 aliphatic rings. The van der Waals surface area contributed by atoms with Crippen LogP contribution in [0.15, 0.2) is 24.3 Å². The lowest BCUT2D eigenvalue weighted by Crippen LogP contribution is -2.34. The van der Waals surface area contributed by atoms with Crippen molar-refractivity contribution in [2.24, 2.45) is 0 Å². The zero-order chi connectivity index (χ0) is 19.5. The van der Waals surface area contributed by atoms with Gasteiger partial charge in [0.2, 0.25) is 5.91 Å². The molecule has 0 unspecified atom stereocenters. The summed E-state index contributed by atoms with van der Waals surface area (Å²) in [7, 11) is 0. The fourth-order valence-electron chi connectivity index (χ4n) is 3.86. The number of amides is 3. The van der Waals surface area contributed by atoms with Gasteiger partial charge in [0, 0.05) is 13.0 Å². The van der Waals surface area contributed by atoms with Crippen molar-refractivity contribution in [1.29, 1.82) is 0 Å². The second-order valence-electron chi connectivity index (χ2n) is 7.17. The summed E-state index contributed by atoms with van der Waals surface area (Å²) in [5, 5.41) is 14.6. The van der Waals surface area contributed by atoms with E-state index in [9.17, 15) is 14.4 Å². The van der Waals surface area contributed by atoms with Crippen LogP contribution in [0, 0.1) is 0 Å². The highest BCUT2D eigenvalue weighted by molar-refractivity contribution is 6.21. The van der Waals surface area contributed by atoms with E-state index < -0.39 is 0 Å². The van der Waals surface area contributed by atoms with E-state index in [2.05, 4.69) is 20.8 Å². The quantitative estimate of drug-likeness (QED) is 0.758. The summed E-state index contributed by atoms with van der Waals surface area (Å²) in [6.07, 6.45) is 5.70. The van der Waals surface area contributed by atoms with E-state index >= 15 is 0 Å². The lowest BCUT2D eigenvalue weighted by atomic mass is 9.95. The first kappa shape index (κ1) is 18.3. The number of carbonyl (C=O) groups is 3. The molecule has 1 aliphatic heterocycles. The predicted octanol–water partition coefficient (Wildman–Crippen LogP) is 1.48. The van der Waals surface area contributed by atoms with Gasteiger partial charge in [0.05, 0.1) is 23.7 Å². The number of tetrazole rings is 1. The van der Waals surface area contributed by atoms with Gasteiger partial charge in [-0.25, -0.2) is 4.68 Å². The molecule has 0 atom stereocenters. The third-order valence-electron chi connectivity index (χ3n) is 5.37. The number of hydrogen-bond donors (Lipinski definition) is 1. The van der Waals surface area contributed by atoms with Crippen molar-refractivity contribution < 1.29 is 14.4 Å². The normalized spacial score (nSPS) is 17.1. The Morgan fingerprint density at radius 3 is 2.43 bits per heavy atom. The maximum atomic E-state index is 12.3. The van der Waals surface area contributed by atoms with Gasteiger partial charge in [-0.15, -0.1) is 5.10 Å². The fourth-order valence-corrected chi connectivity index (χ4v) is 3.86. The summed E-state index contributed by atoms with van der Waals surface area (Å²) in [5.41, 5.74) is 0.777. The van der Waals surface area contributed by atoms with E-state index in [1.807, 2.05) is 4.68 Å². The minimum Gasteiger partial charge on any atom is -0.349 e. The lowest BCUT2D eigenvalue weighted by Gasteiger charge is -2.22. The Morgan fingerprint density at radius 1 is 1.07 bits per heavy atom. The van der Waals surface area contributed by atoms with Crippen LogP contribution in [0.4, 0.5) is 0 Å². The Bertz CT molecular complexity index is 868. The van der Waals surface area contributed by atoms with E-state index in [0.717, 1.165) is 30.6 Å². The third-order valence-corrected chi connectivity index (χ3v) is 5.37. The summed E-state index contributed by atoms with van der Waals surface area (Å²) in [5.74, 6) is -0.333. The molecule has 2 aromatic rings. The Labute approximate surface area is 162 Å². The lowest BCUT2D eigenvalue weighted by molar-refractivity contribution is -0.121. The smallest absolute Gasteiger partial charge is 0.261 e. The van der Waals surface area contributed by atoms with Crippen LogP contribution >= 0.6 is 0 Å². The molecule has 9 nitrogen and oxygen atoms in total. The number of fused-ring (bicyclic) bond motifs is 1. The topological polar surface area (TPSA) is 110 Å². The number of hydrogen-bond acceptors (Lipinski definition) is 6. The van der Waals surface area contributed by atoms with Gasteiger partial charge in [0.1, 0.15) is 0 Å². The first-order valence-electron chi connectivity index (χ1n) is 9.64. The zero-order valence-electron chi connectivity index (χ0n) is 15.5. The van der Waals surface area contributed by atoms with Gasteiger partial charge in [-0.2, -0.15) is 0 Å². The Kier molecular flexibility index (Phi) is 5.14. The highest BCUT2D eigenvalue weighted by Gasteiger charge is 2.35. The second-order valence-corrected chi connectivity index (χ2v) is 7.17. The molecule has 0 saturated heterocycles. The molecule has 1 aliphatic carbocycles. The van der Waals surface area contributed by atoms with Crippen molar-refractivity contribution in [3.8, 4) is 0 Å². The van der Waals surface area contributed by atoms with E-state index in [4.69, 9.17) is 0 Å². The van der Waals surface area contributed by atoms with Crippen molar-refractivity contribution in [3.63, 3.8) is 0 Å². The molecule has 28 heavy (non-hydrogen) atoms. The summed E-state index contributed by atoms with van der Waals surface area (Å²) >= 11 is 0. The molecular formula is C19H22N6O3. The molecule has 1 N–H and O–H groups in total. The Hall–Kier alpha value is -3.10. The molecule has 2 heterocycles. The van der Waals surface area contributed by atoms with Gasteiger partial charge in [-0.1, -0.05) is 31.4 Å². The van der Waals surface area contributed by atoms with Crippen LogP contribution in [-0.2, 0) is 11.3 Å². The molecule has 1 fully saturated rings. The van der Waals surface area contributed by atoms with Crippen molar-refractivity contribution >= 4 is 17.7 Å². The standard InChI is InChI=1S/C19H22N6O3/c26-17(10-11-24-18(27)14-8-4-5-9-15(14)19(24)28)20-12-16-21-22-23-25(16)13-6-2-1-3-7-13/h4-5,8-9,13H,1-3,6-7,10-12H2,(H,20,26). The SMILES string of the molecule is O=C(CCN1C(=O)c2ccccc2C1=O)NCc1nnnn1C1CCCCC1. The number of carbonyl (C=O) groups excluding carboxylic acids is 3. The molecule has 1 aromatic carbocycles. The monoisotopic (exact) mass is 382 g/mol. The minimum atomic E-state index is -0.352. The highest BCUT2D eigenvalue weighted by Crippen LogP contribution is 2.27. The molecule has 1 aromatic heterocycles. The van der Waals surface area contributed by atoms with Crippen molar-refractivity contribution in [2.45, 2.75) is 51.1 Å². The van der Waals surface area contributed by atoms with E-state index in [1.165, 1.54) is 6.42 Å². The molecule has 0 bridgehead atoms. The average Bonchev–Trinajstić information content (AvgIpc) is 3.29. The van der Waals surface area contributed by atoms with E-state index in [0.29, 0.717) is 17.0 Å². The van der Waals surface area contributed by atoms with Gasteiger partial charge in [-0.05, 0) is 35.4 Å². The molecule has 4 rings (SSSR count). The van der Waals surface area contributed by atoms with Gasteiger partial charge >= 0.3 is 0 Å². The van der Waals surface area contributed by atoms with E-state index in [1.54, 1.807) is 24.3 Å². The molecule has 0 spiro atoms. The van der Waals surface area contributed by atoms with Crippen molar-refractivity contribution in [1.82, 2.24) is 30.4 Å². The van der Waals surface area contributed by atoms with E-state index in [-0.39, 0.29) is 43.3 Å². The number of imide groups is 1.